The first-order valence-electron chi connectivity index (χ1n) is 7.81. The van der Waals surface area contributed by atoms with E-state index in [0.29, 0.717) is 23.5 Å². The molecule has 0 saturated heterocycles. The van der Waals surface area contributed by atoms with Gasteiger partial charge in [0.25, 0.3) is 5.91 Å². The monoisotopic (exact) mass is 389 g/mol. The fourth-order valence-electron chi connectivity index (χ4n) is 2.33. The Balaban J connectivity index is 2.03. The van der Waals surface area contributed by atoms with Gasteiger partial charge in [-0.2, -0.15) is 0 Å². The molecule has 0 aliphatic carbocycles. The number of amides is 1. The maximum Gasteiger partial charge on any atom is 0.262 e. The Morgan fingerprint density at radius 3 is 2.75 bits per heavy atom. The molecule has 0 bridgehead atoms. The van der Waals surface area contributed by atoms with Crippen LogP contribution in [-0.4, -0.2) is 18.8 Å². The molecule has 0 aliphatic rings. The summed E-state index contributed by atoms with van der Waals surface area (Å²) in [5.41, 5.74) is 2.30. The van der Waals surface area contributed by atoms with Gasteiger partial charge < -0.3 is 10.1 Å². The molecule has 0 unspecified atom stereocenters. The Morgan fingerprint density at radius 2 is 2.04 bits per heavy atom. The van der Waals surface area contributed by atoms with Gasteiger partial charge in [-0.3, -0.25) is 9.59 Å². The number of aldehydes is 1. The molecule has 1 atom stereocenters. The van der Waals surface area contributed by atoms with E-state index in [-0.39, 0.29) is 12.5 Å². The topological polar surface area (TPSA) is 55.4 Å². The fourth-order valence-corrected chi connectivity index (χ4v) is 2.71. The van der Waals surface area contributed by atoms with Gasteiger partial charge in [-0.05, 0) is 42.2 Å². The zero-order chi connectivity index (χ0) is 17.5. The van der Waals surface area contributed by atoms with Crippen molar-refractivity contribution in [2.75, 3.05) is 11.9 Å². The summed E-state index contributed by atoms with van der Waals surface area (Å²) in [6.07, 6.45) is 1.70. The number of nitrogens with one attached hydrogen (secondary N) is 1. The lowest BCUT2D eigenvalue weighted by Crippen LogP contribution is -2.21. The number of halogens is 1. The van der Waals surface area contributed by atoms with Gasteiger partial charge in [-0.1, -0.05) is 48.0 Å². The van der Waals surface area contributed by atoms with Gasteiger partial charge in [0.05, 0.1) is 5.56 Å². The summed E-state index contributed by atoms with van der Waals surface area (Å²) < 4.78 is 6.26. The Kier molecular flexibility index (Phi) is 6.55. The molecule has 0 aromatic heterocycles. The van der Waals surface area contributed by atoms with Crippen molar-refractivity contribution in [3.8, 4) is 5.75 Å². The number of carbonyl (C=O) groups is 2. The summed E-state index contributed by atoms with van der Waals surface area (Å²) in [7, 11) is 0. The van der Waals surface area contributed by atoms with Crippen LogP contribution in [0.1, 0.15) is 42.1 Å². The standard InChI is InChI=1S/C19H20BrNO3/c1-3-13(2)16-6-4-5-7-17(16)21-19(23)12-24-18-9-8-15(20)10-14(18)11-22/h4-11,13H,3,12H2,1-2H3,(H,21,23)/t13-/m1/s1. The summed E-state index contributed by atoms with van der Waals surface area (Å²) in [6.45, 7) is 4.08. The normalized spacial score (nSPS) is 11.6. The van der Waals surface area contributed by atoms with Crippen molar-refractivity contribution in [3.63, 3.8) is 0 Å². The van der Waals surface area contributed by atoms with Crippen LogP contribution in [0.4, 0.5) is 5.69 Å². The third-order valence-electron chi connectivity index (χ3n) is 3.84. The number of rotatable bonds is 7. The van der Waals surface area contributed by atoms with E-state index in [9.17, 15) is 9.59 Å². The van der Waals surface area contributed by atoms with E-state index in [0.717, 1.165) is 22.1 Å². The number of hydrogen-bond donors (Lipinski definition) is 1. The minimum absolute atomic E-state index is 0.155. The summed E-state index contributed by atoms with van der Waals surface area (Å²) in [4.78, 5) is 23.2. The van der Waals surface area contributed by atoms with Gasteiger partial charge in [0.2, 0.25) is 0 Å². The first-order valence-corrected chi connectivity index (χ1v) is 8.60. The molecule has 1 amide bonds. The maximum atomic E-state index is 12.2. The van der Waals surface area contributed by atoms with E-state index >= 15 is 0 Å². The molecule has 0 spiro atoms. The molecule has 4 nitrogen and oxygen atoms in total. The first kappa shape index (κ1) is 18.2. The molecular formula is C19H20BrNO3. The van der Waals surface area contributed by atoms with Crippen LogP contribution in [0.25, 0.3) is 0 Å². The zero-order valence-electron chi connectivity index (χ0n) is 13.7. The largest absolute Gasteiger partial charge is 0.483 e. The van der Waals surface area contributed by atoms with Gasteiger partial charge >= 0.3 is 0 Å². The number of hydrogen-bond acceptors (Lipinski definition) is 3. The molecule has 2 rings (SSSR count). The number of carbonyl (C=O) groups excluding carboxylic acids is 2. The number of benzene rings is 2. The second kappa shape index (κ2) is 8.64. The number of ether oxygens (including phenoxy) is 1. The SMILES string of the molecule is CC[C@@H](C)c1ccccc1NC(=O)COc1ccc(Br)cc1C=O. The van der Waals surface area contributed by atoms with Crippen LogP contribution in [0, 0.1) is 0 Å². The third kappa shape index (κ3) is 4.68. The summed E-state index contributed by atoms with van der Waals surface area (Å²) in [5.74, 6) is 0.486. The van der Waals surface area contributed by atoms with Crippen LogP contribution in [0.15, 0.2) is 46.9 Å². The average molecular weight is 390 g/mol. The second-order valence-corrected chi connectivity index (χ2v) is 6.45. The molecule has 0 radical (unpaired) electrons. The molecule has 2 aromatic carbocycles. The van der Waals surface area contributed by atoms with Gasteiger partial charge in [0.1, 0.15) is 5.75 Å². The molecule has 24 heavy (non-hydrogen) atoms. The van der Waals surface area contributed by atoms with Crippen molar-refractivity contribution >= 4 is 33.8 Å². The second-order valence-electron chi connectivity index (χ2n) is 5.53. The fraction of sp³-hybridized carbons (Fsp3) is 0.263. The van der Waals surface area contributed by atoms with Crippen molar-refractivity contribution in [2.45, 2.75) is 26.2 Å². The number of para-hydroxylation sites is 1. The van der Waals surface area contributed by atoms with Gasteiger partial charge in [0, 0.05) is 10.2 Å². The van der Waals surface area contributed by atoms with Crippen LogP contribution in [0.3, 0.4) is 0 Å². The van der Waals surface area contributed by atoms with Crippen molar-refractivity contribution < 1.29 is 14.3 Å². The van der Waals surface area contributed by atoms with Gasteiger partial charge in [-0.25, -0.2) is 0 Å². The van der Waals surface area contributed by atoms with E-state index in [1.807, 2.05) is 24.3 Å². The van der Waals surface area contributed by atoms with Crippen LogP contribution in [-0.2, 0) is 4.79 Å². The van der Waals surface area contributed by atoms with Crippen molar-refractivity contribution in [1.29, 1.82) is 0 Å². The predicted octanol–water partition coefficient (Wildman–Crippen LogP) is 4.79. The van der Waals surface area contributed by atoms with Crippen LogP contribution >= 0.6 is 15.9 Å². The lowest BCUT2D eigenvalue weighted by Gasteiger charge is -2.16. The minimum atomic E-state index is -0.259. The van der Waals surface area contributed by atoms with Crippen molar-refractivity contribution in [2.24, 2.45) is 0 Å². The van der Waals surface area contributed by atoms with Crippen molar-refractivity contribution in [3.05, 3.63) is 58.1 Å². The van der Waals surface area contributed by atoms with Crippen LogP contribution in [0.5, 0.6) is 5.75 Å². The van der Waals surface area contributed by atoms with E-state index in [1.165, 1.54) is 0 Å². The number of anilines is 1. The van der Waals surface area contributed by atoms with Crippen LogP contribution in [0.2, 0.25) is 0 Å². The van der Waals surface area contributed by atoms with E-state index in [4.69, 9.17) is 4.74 Å². The highest BCUT2D eigenvalue weighted by Gasteiger charge is 2.12. The molecule has 0 saturated carbocycles. The van der Waals surface area contributed by atoms with E-state index in [2.05, 4.69) is 35.1 Å². The Morgan fingerprint density at radius 1 is 1.29 bits per heavy atom. The maximum absolute atomic E-state index is 12.2. The molecular weight excluding hydrogens is 370 g/mol. The summed E-state index contributed by atoms with van der Waals surface area (Å²) in [6, 6.07) is 12.8. The van der Waals surface area contributed by atoms with Crippen molar-refractivity contribution in [1.82, 2.24) is 0 Å². The van der Waals surface area contributed by atoms with E-state index < -0.39 is 0 Å². The highest BCUT2D eigenvalue weighted by molar-refractivity contribution is 9.10. The van der Waals surface area contributed by atoms with Gasteiger partial charge in [0.15, 0.2) is 12.9 Å². The highest BCUT2D eigenvalue weighted by atomic mass is 79.9. The Bertz CT molecular complexity index is 730. The molecule has 0 heterocycles. The van der Waals surface area contributed by atoms with Crippen LogP contribution < -0.4 is 10.1 Å². The quantitative estimate of drug-likeness (QED) is 0.692. The van der Waals surface area contributed by atoms with Gasteiger partial charge in [-0.15, -0.1) is 0 Å². The highest BCUT2D eigenvalue weighted by Crippen LogP contribution is 2.26. The molecule has 5 heteroatoms. The average Bonchev–Trinajstić information content (AvgIpc) is 2.60. The molecule has 126 valence electrons. The lowest BCUT2D eigenvalue weighted by atomic mass is 9.97. The minimum Gasteiger partial charge on any atom is -0.483 e. The lowest BCUT2D eigenvalue weighted by molar-refractivity contribution is -0.118. The molecule has 1 N–H and O–H groups in total. The third-order valence-corrected chi connectivity index (χ3v) is 4.33. The summed E-state index contributed by atoms with van der Waals surface area (Å²) in [5, 5.41) is 2.88. The molecule has 0 fully saturated rings. The van der Waals surface area contributed by atoms with E-state index in [1.54, 1.807) is 18.2 Å². The Labute approximate surface area is 150 Å². The zero-order valence-corrected chi connectivity index (χ0v) is 15.3. The summed E-state index contributed by atoms with van der Waals surface area (Å²) >= 11 is 3.30. The first-order chi connectivity index (χ1) is 11.5. The molecule has 0 aliphatic heterocycles. The molecule has 2 aromatic rings. The smallest absolute Gasteiger partial charge is 0.262 e. The predicted molar refractivity (Wildman–Crippen MR) is 98.8 cm³/mol. The Hall–Kier alpha value is -2.14.